The first-order chi connectivity index (χ1) is 11.4. The molecule has 3 rings (SSSR count). The molecule has 1 aromatic rings. The van der Waals surface area contributed by atoms with Crippen molar-refractivity contribution in [1.82, 2.24) is 9.80 Å². The van der Waals surface area contributed by atoms with Crippen LogP contribution in [-0.4, -0.2) is 59.1 Å². The lowest BCUT2D eigenvalue weighted by molar-refractivity contribution is 0.0632. The summed E-state index contributed by atoms with van der Waals surface area (Å²) in [6.45, 7) is 8.53. The smallest absolute Gasteiger partial charge is 0.253 e. The van der Waals surface area contributed by atoms with Gasteiger partial charge in [-0.15, -0.1) is 0 Å². The summed E-state index contributed by atoms with van der Waals surface area (Å²) in [4.78, 5) is 17.2. The Morgan fingerprint density at radius 1 is 1.21 bits per heavy atom. The van der Waals surface area contributed by atoms with Crippen LogP contribution in [0.4, 0.5) is 0 Å². The number of aliphatic hydroxyl groups is 1. The second-order valence-corrected chi connectivity index (χ2v) is 8.05. The number of carbonyl (C=O) groups excluding carboxylic acids is 1. The second-order valence-electron chi connectivity index (χ2n) is 8.05. The van der Waals surface area contributed by atoms with Gasteiger partial charge in [0.25, 0.3) is 5.91 Å². The average molecular weight is 330 g/mol. The molecule has 0 atom stereocenters. The van der Waals surface area contributed by atoms with E-state index in [9.17, 15) is 9.90 Å². The topological polar surface area (TPSA) is 43.8 Å². The van der Waals surface area contributed by atoms with Crippen molar-refractivity contribution in [3.63, 3.8) is 0 Å². The summed E-state index contributed by atoms with van der Waals surface area (Å²) >= 11 is 0. The molecule has 1 heterocycles. The zero-order valence-electron chi connectivity index (χ0n) is 15.0. The fourth-order valence-corrected chi connectivity index (χ4v) is 3.29. The van der Waals surface area contributed by atoms with E-state index in [1.54, 1.807) is 0 Å². The van der Waals surface area contributed by atoms with Gasteiger partial charge in [-0.1, -0.05) is 12.1 Å². The van der Waals surface area contributed by atoms with E-state index in [4.69, 9.17) is 0 Å². The molecule has 1 saturated carbocycles. The van der Waals surface area contributed by atoms with E-state index in [0.717, 1.165) is 49.6 Å². The third-order valence-electron chi connectivity index (χ3n) is 5.07. The molecular formula is C20H30N2O2. The van der Waals surface area contributed by atoms with E-state index in [1.165, 1.54) is 19.4 Å². The van der Waals surface area contributed by atoms with Crippen LogP contribution in [0, 0.1) is 5.92 Å². The first kappa shape index (κ1) is 17.4. The molecular weight excluding hydrogens is 300 g/mol. The maximum absolute atomic E-state index is 12.8. The predicted octanol–water partition coefficient (Wildman–Crippen LogP) is 2.56. The molecule has 0 radical (unpaired) electrons. The number of benzene rings is 1. The number of aryl methyl sites for hydroxylation is 1. The van der Waals surface area contributed by atoms with Gasteiger partial charge in [-0.3, -0.25) is 9.69 Å². The summed E-state index contributed by atoms with van der Waals surface area (Å²) in [5.41, 5.74) is 1.23. The van der Waals surface area contributed by atoms with Crippen molar-refractivity contribution >= 4 is 5.91 Å². The molecule has 4 heteroatoms. The van der Waals surface area contributed by atoms with Crippen molar-refractivity contribution in [3.05, 3.63) is 35.4 Å². The van der Waals surface area contributed by atoms with Crippen LogP contribution in [0.3, 0.4) is 0 Å². The van der Waals surface area contributed by atoms with E-state index in [-0.39, 0.29) is 5.91 Å². The van der Waals surface area contributed by atoms with Crippen molar-refractivity contribution in [3.8, 4) is 0 Å². The van der Waals surface area contributed by atoms with Crippen LogP contribution in [-0.2, 0) is 6.42 Å². The van der Waals surface area contributed by atoms with Crippen molar-refractivity contribution in [1.29, 1.82) is 0 Å². The number of nitrogens with zero attached hydrogens (tertiary/aromatic N) is 2. The Kier molecular flexibility index (Phi) is 5.26. The highest BCUT2D eigenvalue weighted by molar-refractivity contribution is 5.94. The van der Waals surface area contributed by atoms with Crippen LogP contribution >= 0.6 is 0 Å². The summed E-state index contributed by atoms with van der Waals surface area (Å²) < 4.78 is 0. The molecule has 0 spiro atoms. The SMILES string of the molecule is CC(C)(O)CCc1cccc(C(=O)N2CCN(CC3CC3)CC2)c1. The van der Waals surface area contributed by atoms with E-state index in [2.05, 4.69) is 4.90 Å². The standard InChI is InChI=1S/C20H30N2O2/c1-20(2,24)9-8-16-4-3-5-18(14-16)19(23)22-12-10-21(11-13-22)15-17-6-7-17/h3-5,14,17,24H,6-13,15H2,1-2H3. The predicted molar refractivity (Wildman–Crippen MR) is 96.1 cm³/mol. The van der Waals surface area contributed by atoms with Gasteiger partial charge in [-0.05, 0) is 63.1 Å². The van der Waals surface area contributed by atoms with Gasteiger partial charge in [-0.25, -0.2) is 0 Å². The molecule has 1 aliphatic heterocycles. The van der Waals surface area contributed by atoms with Gasteiger partial charge in [-0.2, -0.15) is 0 Å². The monoisotopic (exact) mass is 330 g/mol. The number of rotatable bonds is 6. The van der Waals surface area contributed by atoms with Crippen LogP contribution in [0.1, 0.15) is 49.0 Å². The molecule has 2 aliphatic rings. The molecule has 0 unspecified atom stereocenters. The van der Waals surface area contributed by atoms with E-state index < -0.39 is 5.60 Å². The van der Waals surface area contributed by atoms with Crippen LogP contribution in [0.25, 0.3) is 0 Å². The molecule has 1 aliphatic carbocycles. The van der Waals surface area contributed by atoms with Crippen molar-refractivity contribution < 1.29 is 9.90 Å². The molecule has 0 bridgehead atoms. The lowest BCUT2D eigenvalue weighted by Crippen LogP contribution is -2.49. The Labute approximate surface area is 145 Å². The lowest BCUT2D eigenvalue weighted by atomic mass is 9.97. The zero-order valence-corrected chi connectivity index (χ0v) is 15.0. The summed E-state index contributed by atoms with van der Waals surface area (Å²) in [5, 5.41) is 9.87. The van der Waals surface area contributed by atoms with Crippen molar-refractivity contribution in [2.45, 2.75) is 45.1 Å². The largest absolute Gasteiger partial charge is 0.390 e. The molecule has 132 valence electrons. The van der Waals surface area contributed by atoms with E-state index >= 15 is 0 Å². The molecule has 0 aromatic heterocycles. The second kappa shape index (κ2) is 7.24. The number of hydrogen-bond donors (Lipinski definition) is 1. The highest BCUT2D eigenvalue weighted by atomic mass is 16.3. The van der Waals surface area contributed by atoms with Gasteiger partial charge < -0.3 is 10.0 Å². The summed E-state index contributed by atoms with van der Waals surface area (Å²) in [7, 11) is 0. The Bertz CT molecular complexity index is 567. The summed E-state index contributed by atoms with van der Waals surface area (Å²) in [6, 6.07) is 7.89. The zero-order chi connectivity index (χ0) is 17.2. The number of piperazine rings is 1. The molecule has 4 nitrogen and oxygen atoms in total. The third-order valence-corrected chi connectivity index (χ3v) is 5.07. The van der Waals surface area contributed by atoms with Gasteiger partial charge >= 0.3 is 0 Å². The molecule has 1 saturated heterocycles. The molecule has 1 N–H and O–H groups in total. The average Bonchev–Trinajstić information content (AvgIpc) is 3.37. The first-order valence-corrected chi connectivity index (χ1v) is 9.24. The Morgan fingerprint density at radius 2 is 1.92 bits per heavy atom. The number of amides is 1. The van der Waals surface area contributed by atoms with Gasteiger partial charge in [0.2, 0.25) is 0 Å². The minimum absolute atomic E-state index is 0.145. The van der Waals surface area contributed by atoms with E-state index in [0.29, 0.717) is 6.42 Å². The molecule has 1 aromatic carbocycles. The van der Waals surface area contributed by atoms with Crippen LogP contribution in [0.15, 0.2) is 24.3 Å². The Hall–Kier alpha value is -1.39. The van der Waals surface area contributed by atoms with Crippen molar-refractivity contribution in [2.75, 3.05) is 32.7 Å². The summed E-state index contributed by atoms with van der Waals surface area (Å²) in [6.07, 6.45) is 4.26. The quantitative estimate of drug-likeness (QED) is 0.872. The normalized spacial score (nSPS) is 19.5. The van der Waals surface area contributed by atoms with Gasteiger partial charge in [0.05, 0.1) is 5.60 Å². The summed E-state index contributed by atoms with van der Waals surface area (Å²) in [5.74, 6) is 1.06. The molecule has 24 heavy (non-hydrogen) atoms. The van der Waals surface area contributed by atoms with Gasteiger partial charge in [0, 0.05) is 38.3 Å². The fourth-order valence-electron chi connectivity index (χ4n) is 3.29. The van der Waals surface area contributed by atoms with Gasteiger partial charge in [0.1, 0.15) is 0 Å². The highest BCUT2D eigenvalue weighted by Gasteiger charge is 2.28. The Morgan fingerprint density at radius 3 is 2.54 bits per heavy atom. The third kappa shape index (κ3) is 5.05. The van der Waals surface area contributed by atoms with Crippen molar-refractivity contribution in [2.24, 2.45) is 5.92 Å². The van der Waals surface area contributed by atoms with Gasteiger partial charge in [0.15, 0.2) is 0 Å². The molecule has 2 fully saturated rings. The number of hydrogen-bond acceptors (Lipinski definition) is 3. The highest BCUT2D eigenvalue weighted by Crippen LogP contribution is 2.30. The fraction of sp³-hybridized carbons (Fsp3) is 0.650. The van der Waals surface area contributed by atoms with Crippen LogP contribution in [0.5, 0.6) is 0 Å². The number of carbonyl (C=O) groups is 1. The first-order valence-electron chi connectivity index (χ1n) is 9.24. The lowest BCUT2D eigenvalue weighted by Gasteiger charge is -2.34. The minimum Gasteiger partial charge on any atom is -0.390 e. The van der Waals surface area contributed by atoms with Crippen LogP contribution in [0.2, 0.25) is 0 Å². The van der Waals surface area contributed by atoms with Crippen LogP contribution < -0.4 is 0 Å². The Balaban J connectivity index is 1.54. The minimum atomic E-state index is -0.669. The maximum atomic E-state index is 12.8. The molecule has 1 amide bonds. The van der Waals surface area contributed by atoms with E-state index in [1.807, 2.05) is 43.0 Å². The maximum Gasteiger partial charge on any atom is 0.253 e.